The fourth-order valence-corrected chi connectivity index (χ4v) is 6.41. The van der Waals surface area contributed by atoms with E-state index >= 15 is 0 Å². The number of aryl methyl sites for hydroxylation is 2. The molecule has 3 aliphatic rings. The van der Waals surface area contributed by atoms with E-state index in [-0.39, 0.29) is 29.5 Å². The summed E-state index contributed by atoms with van der Waals surface area (Å²) >= 11 is 0. The lowest BCUT2D eigenvalue weighted by Crippen LogP contribution is -2.46. The van der Waals surface area contributed by atoms with Crippen LogP contribution in [0.15, 0.2) is 30.6 Å². The summed E-state index contributed by atoms with van der Waals surface area (Å²) in [6, 6.07) is 6.22. The number of benzene rings is 1. The van der Waals surface area contributed by atoms with Gasteiger partial charge in [0.1, 0.15) is 12.1 Å². The zero-order valence-electron chi connectivity index (χ0n) is 23.0. The van der Waals surface area contributed by atoms with E-state index in [2.05, 4.69) is 14.9 Å². The van der Waals surface area contributed by atoms with Gasteiger partial charge in [-0.2, -0.15) is 0 Å². The molecule has 3 fully saturated rings. The number of rotatable bonds is 6. The Kier molecular flexibility index (Phi) is 7.93. The highest BCUT2D eigenvalue weighted by Gasteiger charge is 2.42. The number of hydrogen-bond donors (Lipinski definition) is 0. The number of piperidine rings is 1. The van der Waals surface area contributed by atoms with Gasteiger partial charge in [0.2, 0.25) is 11.8 Å². The average molecular weight is 537 g/mol. The van der Waals surface area contributed by atoms with E-state index in [1.807, 2.05) is 18.7 Å². The Morgan fingerprint density at radius 2 is 1.62 bits per heavy atom. The van der Waals surface area contributed by atoms with Crippen molar-refractivity contribution in [3.8, 4) is 0 Å². The first kappa shape index (κ1) is 27.2. The summed E-state index contributed by atoms with van der Waals surface area (Å²) < 4.78 is 14.1. The van der Waals surface area contributed by atoms with Crippen molar-refractivity contribution < 1.29 is 18.8 Å². The number of fused-ring (bicyclic) bond motifs is 1. The molecule has 0 bridgehead atoms. The third-order valence-electron chi connectivity index (χ3n) is 8.60. The fraction of sp³-hybridized carbons (Fsp3) is 0.552. The fourth-order valence-electron chi connectivity index (χ4n) is 6.41. The third kappa shape index (κ3) is 5.80. The zero-order chi connectivity index (χ0) is 27.7. The molecule has 10 heteroatoms. The molecule has 2 unspecified atom stereocenters. The van der Waals surface area contributed by atoms with Crippen molar-refractivity contribution in [1.82, 2.24) is 24.7 Å². The molecule has 0 radical (unpaired) electrons. The van der Waals surface area contributed by atoms with Crippen molar-refractivity contribution in [2.24, 2.45) is 17.8 Å². The van der Waals surface area contributed by atoms with Crippen LogP contribution in [0.1, 0.15) is 41.5 Å². The second-order valence-electron chi connectivity index (χ2n) is 11.2. The molecule has 5 rings (SSSR count). The van der Waals surface area contributed by atoms with Crippen LogP contribution in [0, 0.1) is 37.4 Å². The molecule has 39 heavy (non-hydrogen) atoms. The molecule has 1 aromatic heterocycles. The van der Waals surface area contributed by atoms with Crippen molar-refractivity contribution in [2.75, 3.05) is 57.3 Å². The number of aromatic nitrogens is 2. The summed E-state index contributed by atoms with van der Waals surface area (Å²) in [5, 5.41) is 0. The largest absolute Gasteiger partial charge is 0.343 e. The van der Waals surface area contributed by atoms with Crippen LogP contribution in [0.4, 0.5) is 10.1 Å². The molecule has 4 heterocycles. The van der Waals surface area contributed by atoms with E-state index in [0.717, 1.165) is 13.1 Å². The molecule has 2 atom stereocenters. The second-order valence-corrected chi connectivity index (χ2v) is 11.2. The molecule has 0 spiro atoms. The lowest BCUT2D eigenvalue weighted by molar-refractivity contribution is -0.133. The highest BCUT2D eigenvalue weighted by molar-refractivity contribution is 5.96. The minimum atomic E-state index is -0.369. The van der Waals surface area contributed by atoms with E-state index in [0.29, 0.717) is 86.6 Å². The van der Waals surface area contributed by atoms with Crippen LogP contribution in [-0.2, 0) is 9.59 Å². The SMILES string of the molecule is CC(=O)N1CCC(C(=O)N(CCN2CC3CN(C(=O)c4c(C)ncnc4C)CC3C2)c2cccc(F)c2)CC1. The van der Waals surface area contributed by atoms with Gasteiger partial charge in [0.05, 0.1) is 17.0 Å². The summed E-state index contributed by atoms with van der Waals surface area (Å²) in [6.07, 6.45) is 2.73. The van der Waals surface area contributed by atoms with Crippen LogP contribution in [-0.4, -0.2) is 94.7 Å². The summed E-state index contributed by atoms with van der Waals surface area (Å²) in [5.41, 5.74) is 2.59. The molecule has 3 aliphatic heterocycles. The monoisotopic (exact) mass is 536 g/mol. The Bertz CT molecular complexity index is 1210. The number of carbonyl (C=O) groups is 3. The summed E-state index contributed by atoms with van der Waals surface area (Å²) in [5.74, 6) is 0.245. The van der Waals surface area contributed by atoms with Crippen molar-refractivity contribution in [2.45, 2.75) is 33.6 Å². The topological polar surface area (TPSA) is 90.0 Å². The first-order valence-corrected chi connectivity index (χ1v) is 13.8. The summed E-state index contributed by atoms with van der Waals surface area (Å²) in [7, 11) is 0. The van der Waals surface area contributed by atoms with Crippen LogP contribution < -0.4 is 4.90 Å². The minimum absolute atomic E-state index is 0.00390. The first-order valence-electron chi connectivity index (χ1n) is 13.8. The molecule has 208 valence electrons. The van der Waals surface area contributed by atoms with Gasteiger partial charge in [0.25, 0.3) is 5.91 Å². The highest BCUT2D eigenvalue weighted by Crippen LogP contribution is 2.33. The van der Waals surface area contributed by atoms with Crippen LogP contribution in [0.3, 0.4) is 0 Å². The summed E-state index contributed by atoms with van der Waals surface area (Å²) in [6.45, 7) is 10.7. The van der Waals surface area contributed by atoms with E-state index in [1.54, 1.807) is 28.9 Å². The molecule has 2 aromatic rings. The van der Waals surface area contributed by atoms with Gasteiger partial charge in [-0.3, -0.25) is 14.4 Å². The maximum Gasteiger partial charge on any atom is 0.257 e. The number of hydrogen-bond acceptors (Lipinski definition) is 6. The molecule has 1 aromatic carbocycles. The third-order valence-corrected chi connectivity index (χ3v) is 8.60. The van der Waals surface area contributed by atoms with Gasteiger partial charge in [0, 0.05) is 70.9 Å². The number of halogens is 1. The van der Waals surface area contributed by atoms with Crippen LogP contribution in [0.5, 0.6) is 0 Å². The maximum atomic E-state index is 14.1. The number of anilines is 1. The van der Waals surface area contributed by atoms with E-state index in [1.165, 1.54) is 18.5 Å². The predicted octanol–water partition coefficient (Wildman–Crippen LogP) is 2.53. The van der Waals surface area contributed by atoms with Gasteiger partial charge in [-0.05, 0) is 56.7 Å². The van der Waals surface area contributed by atoms with Crippen molar-refractivity contribution in [1.29, 1.82) is 0 Å². The predicted molar refractivity (Wildman–Crippen MR) is 145 cm³/mol. The smallest absolute Gasteiger partial charge is 0.257 e. The van der Waals surface area contributed by atoms with Gasteiger partial charge >= 0.3 is 0 Å². The maximum absolute atomic E-state index is 14.1. The van der Waals surface area contributed by atoms with E-state index in [9.17, 15) is 18.8 Å². The Hall–Kier alpha value is -3.40. The van der Waals surface area contributed by atoms with Crippen molar-refractivity contribution in [3.63, 3.8) is 0 Å². The molecule has 3 amide bonds. The number of nitrogens with zero attached hydrogens (tertiary/aromatic N) is 6. The molecule has 0 aliphatic carbocycles. The Morgan fingerprint density at radius 1 is 0.974 bits per heavy atom. The highest BCUT2D eigenvalue weighted by atomic mass is 19.1. The molecular formula is C29H37FN6O3. The van der Waals surface area contributed by atoms with Crippen LogP contribution >= 0.6 is 0 Å². The van der Waals surface area contributed by atoms with E-state index < -0.39 is 0 Å². The van der Waals surface area contributed by atoms with Gasteiger partial charge in [-0.25, -0.2) is 14.4 Å². The minimum Gasteiger partial charge on any atom is -0.343 e. The molecule has 0 N–H and O–H groups in total. The van der Waals surface area contributed by atoms with Gasteiger partial charge in [-0.15, -0.1) is 0 Å². The standard InChI is InChI=1S/C29H37FN6O3/c1-19-27(20(2)32-18-31-19)29(39)35-16-23-14-33(15-24(23)17-35)11-12-36(26-6-4-5-25(30)13-26)28(38)22-7-9-34(10-8-22)21(3)37/h4-6,13,18,22-24H,7-12,14-17H2,1-3H3. The van der Waals surface area contributed by atoms with Crippen LogP contribution in [0.2, 0.25) is 0 Å². The summed E-state index contributed by atoms with van der Waals surface area (Å²) in [4.78, 5) is 54.8. The molecule has 9 nitrogen and oxygen atoms in total. The molecular weight excluding hydrogens is 499 g/mol. The van der Waals surface area contributed by atoms with Crippen molar-refractivity contribution in [3.05, 3.63) is 53.4 Å². The quantitative estimate of drug-likeness (QED) is 0.564. The van der Waals surface area contributed by atoms with Gasteiger partial charge in [0.15, 0.2) is 0 Å². The number of amides is 3. The number of likely N-dealkylation sites (tertiary alicyclic amines) is 3. The lowest BCUT2D eigenvalue weighted by atomic mass is 9.95. The van der Waals surface area contributed by atoms with Crippen LogP contribution in [0.25, 0.3) is 0 Å². The number of carbonyl (C=O) groups excluding carboxylic acids is 3. The lowest BCUT2D eigenvalue weighted by Gasteiger charge is -2.34. The second kappa shape index (κ2) is 11.4. The van der Waals surface area contributed by atoms with Crippen molar-refractivity contribution >= 4 is 23.4 Å². The Morgan fingerprint density at radius 3 is 2.21 bits per heavy atom. The molecule has 0 saturated carbocycles. The Labute approximate surface area is 229 Å². The van der Waals surface area contributed by atoms with E-state index in [4.69, 9.17) is 0 Å². The Balaban J connectivity index is 1.20. The normalized spacial score (nSPS) is 21.7. The zero-order valence-corrected chi connectivity index (χ0v) is 23.0. The van der Waals surface area contributed by atoms with Gasteiger partial charge < -0.3 is 19.6 Å². The van der Waals surface area contributed by atoms with Gasteiger partial charge in [-0.1, -0.05) is 6.07 Å². The average Bonchev–Trinajstić information content (AvgIpc) is 3.48. The molecule has 3 saturated heterocycles. The first-order chi connectivity index (χ1) is 18.7.